The molecule has 9 heteroatoms. The van der Waals surface area contributed by atoms with E-state index in [2.05, 4.69) is 20.4 Å². The largest absolute Gasteiger partial charge is 0.454 e. The van der Waals surface area contributed by atoms with Crippen LogP contribution in [0.5, 0.6) is 11.5 Å². The quantitative estimate of drug-likeness (QED) is 0.521. The molecule has 4 aromatic rings. The minimum Gasteiger partial charge on any atom is -0.454 e. The van der Waals surface area contributed by atoms with Gasteiger partial charge in [-0.3, -0.25) is 10.1 Å². The molecule has 158 valence electrons. The van der Waals surface area contributed by atoms with Gasteiger partial charge in [0.2, 0.25) is 6.79 Å². The van der Waals surface area contributed by atoms with E-state index in [-0.39, 0.29) is 12.7 Å². The van der Waals surface area contributed by atoms with Crippen LogP contribution in [0, 0.1) is 27.7 Å². The zero-order valence-electron chi connectivity index (χ0n) is 17.6. The highest BCUT2D eigenvalue weighted by Gasteiger charge is 2.21. The number of thiazole rings is 1. The van der Waals surface area contributed by atoms with Crippen molar-refractivity contribution in [2.24, 2.45) is 0 Å². The van der Waals surface area contributed by atoms with Gasteiger partial charge in [-0.2, -0.15) is 5.10 Å². The molecule has 1 aliphatic heterocycles. The lowest BCUT2D eigenvalue weighted by molar-refractivity contribution is 0.102. The van der Waals surface area contributed by atoms with E-state index in [9.17, 15) is 4.79 Å². The third kappa shape index (κ3) is 3.50. The first-order valence-electron chi connectivity index (χ1n) is 9.89. The van der Waals surface area contributed by atoms with E-state index in [0.29, 0.717) is 28.5 Å². The van der Waals surface area contributed by atoms with E-state index in [1.54, 1.807) is 4.52 Å². The Hall–Kier alpha value is -3.46. The van der Waals surface area contributed by atoms with Gasteiger partial charge in [0.1, 0.15) is 5.56 Å². The van der Waals surface area contributed by atoms with Crippen LogP contribution in [0.15, 0.2) is 24.3 Å². The summed E-state index contributed by atoms with van der Waals surface area (Å²) in [7, 11) is 0. The third-order valence-corrected chi connectivity index (χ3v) is 6.28. The molecule has 3 aromatic heterocycles. The number of aryl methyl sites for hydroxylation is 4. The summed E-state index contributed by atoms with van der Waals surface area (Å²) in [4.78, 5) is 23.2. The van der Waals surface area contributed by atoms with Gasteiger partial charge in [-0.25, -0.2) is 14.5 Å². The minimum absolute atomic E-state index is 0.255. The van der Waals surface area contributed by atoms with E-state index in [4.69, 9.17) is 9.47 Å². The van der Waals surface area contributed by atoms with Crippen LogP contribution >= 0.6 is 11.3 Å². The Bertz CT molecular complexity index is 1340. The first-order chi connectivity index (χ1) is 14.9. The van der Waals surface area contributed by atoms with Crippen LogP contribution in [0.3, 0.4) is 0 Å². The number of ether oxygens (including phenoxy) is 2. The average molecular weight is 436 g/mol. The van der Waals surface area contributed by atoms with E-state index in [1.165, 1.54) is 11.3 Å². The van der Waals surface area contributed by atoms with Gasteiger partial charge in [0, 0.05) is 22.7 Å². The molecule has 4 heterocycles. The van der Waals surface area contributed by atoms with E-state index in [1.807, 2.05) is 52.0 Å². The summed E-state index contributed by atoms with van der Waals surface area (Å²) in [5.74, 6) is 1.27. The van der Waals surface area contributed by atoms with Crippen LogP contribution in [0.4, 0.5) is 5.13 Å². The maximum absolute atomic E-state index is 13.1. The molecule has 0 aliphatic carbocycles. The SMILES string of the molecule is Cc1cc(C)n2nc(C)c(C(=O)Nc3nc(C)c(Cc4ccc5c(c4)OCO5)s3)c2n1. The second kappa shape index (κ2) is 7.35. The van der Waals surface area contributed by atoms with Crippen LogP contribution in [0.25, 0.3) is 5.65 Å². The standard InChI is InChI=1S/C22H21N5O3S/c1-11-7-12(2)27-20(23-11)19(14(4)26-27)21(28)25-22-24-13(3)18(31-22)9-15-5-6-16-17(8-15)30-10-29-16/h5-8H,9-10H2,1-4H3,(H,24,25,28). The second-order valence-corrected chi connectivity index (χ2v) is 8.66. The molecule has 1 N–H and O–H groups in total. The Morgan fingerprint density at radius 3 is 2.74 bits per heavy atom. The van der Waals surface area contributed by atoms with Crippen molar-refractivity contribution in [2.75, 3.05) is 12.1 Å². The molecule has 0 spiro atoms. The highest BCUT2D eigenvalue weighted by Crippen LogP contribution is 2.34. The van der Waals surface area contributed by atoms with Crippen LogP contribution < -0.4 is 14.8 Å². The van der Waals surface area contributed by atoms with E-state index in [0.717, 1.165) is 39.0 Å². The average Bonchev–Trinajstić information content (AvgIpc) is 3.39. The van der Waals surface area contributed by atoms with Gasteiger partial charge < -0.3 is 9.47 Å². The fourth-order valence-corrected chi connectivity index (χ4v) is 4.73. The van der Waals surface area contributed by atoms with Crippen molar-refractivity contribution in [2.45, 2.75) is 34.1 Å². The zero-order valence-corrected chi connectivity index (χ0v) is 18.5. The topological polar surface area (TPSA) is 90.6 Å². The summed E-state index contributed by atoms with van der Waals surface area (Å²) in [6.45, 7) is 7.87. The van der Waals surface area contributed by atoms with Crippen LogP contribution in [0.2, 0.25) is 0 Å². The van der Waals surface area contributed by atoms with Crippen LogP contribution in [0.1, 0.15) is 43.6 Å². The van der Waals surface area contributed by atoms with Gasteiger partial charge in [0.25, 0.3) is 5.91 Å². The minimum atomic E-state index is -0.256. The Kier molecular flexibility index (Phi) is 4.62. The summed E-state index contributed by atoms with van der Waals surface area (Å²) in [5, 5.41) is 7.97. The van der Waals surface area contributed by atoms with Gasteiger partial charge >= 0.3 is 0 Å². The van der Waals surface area contributed by atoms with Gasteiger partial charge in [-0.15, -0.1) is 11.3 Å². The molecule has 0 unspecified atom stereocenters. The molecule has 31 heavy (non-hydrogen) atoms. The summed E-state index contributed by atoms with van der Waals surface area (Å²) in [6, 6.07) is 7.86. The summed E-state index contributed by atoms with van der Waals surface area (Å²) in [5.41, 5.74) is 5.42. The molecular weight excluding hydrogens is 414 g/mol. The number of benzene rings is 1. The smallest absolute Gasteiger partial charge is 0.263 e. The monoisotopic (exact) mass is 435 g/mol. The van der Waals surface area contributed by atoms with Gasteiger partial charge in [0.15, 0.2) is 22.3 Å². The number of fused-ring (bicyclic) bond motifs is 2. The molecule has 0 saturated heterocycles. The first-order valence-corrected chi connectivity index (χ1v) is 10.7. The lowest BCUT2D eigenvalue weighted by Crippen LogP contribution is -2.13. The van der Waals surface area contributed by atoms with Gasteiger partial charge in [0.05, 0.1) is 11.4 Å². The van der Waals surface area contributed by atoms with Crippen molar-refractivity contribution in [1.82, 2.24) is 19.6 Å². The number of nitrogens with zero attached hydrogens (tertiary/aromatic N) is 4. The van der Waals surface area contributed by atoms with Crippen LogP contribution in [-0.4, -0.2) is 32.3 Å². The van der Waals surface area contributed by atoms with Crippen molar-refractivity contribution < 1.29 is 14.3 Å². The molecule has 1 amide bonds. The van der Waals surface area contributed by atoms with Crippen molar-refractivity contribution in [3.8, 4) is 11.5 Å². The Morgan fingerprint density at radius 1 is 1.10 bits per heavy atom. The molecule has 1 aromatic carbocycles. The molecule has 0 saturated carbocycles. The number of nitrogens with one attached hydrogen (secondary N) is 1. The highest BCUT2D eigenvalue weighted by molar-refractivity contribution is 7.15. The molecule has 1 aliphatic rings. The predicted molar refractivity (Wildman–Crippen MR) is 117 cm³/mol. The van der Waals surface area contributed by atoms with E-state index < -0.39 is 0 Å². The molecule has 0 bridgehead atoms. The van der Waals surface area contributed by atoms with Crippen molar-refractivity contribution in [1.29, 1.82) is 0 Å². The number of anilines is 1. The molecule has 0 fully saturated rings. The zero-order chi connectivity index (χ0) is 21.7. The number of rotatable bonds is 4. The molecular formula is C22H21N5O3S. The van der Waals surface area contributed by atoms with Gasteiger partial charge in [-0.05, 0) is 51.5 Å². The maximum Gasteiger partial charge on any atom is 0.263 e. The molecule has 5 rings (SSSR count). The fraction of sp³-hybridized carbons (Fsp3) is 0.273. The number of hydrogen-bond donors (Lipinski definition) is 1. The second-order valence-electron chi connectivity index (χ2n) is 7.58. The Labute approximate surface area is 182 Å². The number of carbonyl (C=O) groups excluding carboxylic acids is 1. The van der Waals surface area contributed by atoms with Crippen LogP contribution in [-0.2, 0) is 6.42 Å². The molecule has 8 nitrogen and oxygen atoms in total. The predicted octanol–water partition coefficient (Wildman–Crippen LogP) is 3.99. The van der Waals surface area contributed by atoms with E-state index >= 15 is 0 Å². The van der Waals surface area contributed by atoms with Gasteiger partial charge in [-0.1, -0.05) is 6.07 Å². The summed E-state index contributed by atoms with van der Waals surface area (Å²) < 4.78 is 12.5. The third-order valence-electron chi connectivity index (χ3n) is 5.21. The number of carbonyl (C=O) groups is 1. The normalized spacial score (nSPS) is 12.5. The maximum atomic E-state index is 13.1. The van der Waals surface area contributed by atoms with Crippen molar-refractivity contribution in [3.05, 3.63) is 63.0 Å². The lowest BCUT2D eigenvalue weighted by atomic mass is 10.1. The number of hydrogen-bond acceptors (Lipinski definition) is 7. The molecule has 0 atom stereocenters. The lowest BCUT2D eigenvalue weighted by Gasteiger charge is -2.03. The first kappa shape index (κ1) is 19.5. The number of amides is 1. The summed E-state index contributed by atoms with van der Waals surface area (Å²) in [6.07, 6.45) is 0.700. The van der Waals surface area contributed by atoms with Crippen molar-refractivity contribution >= 4 is 28.0 Å². The Morgan fingerprint density at radius 2 is 1.90 bits per heavy atom. The van der Waals surface area contributed by atoms with Crippen molar-refractivity contribution in [3.63, 3.8) is 0 Å². The summed E-state index contributed by atoms with van der Waals surface area (Å²) >= 11 is 1.47. The Balaban J connectivity index is 1.40. The number of aromatic nitrogens is 4. The highest BCUT2D eigenvalue weighted by atomic mass is 32.1. The fourth-order valence-electron chi connectivity index (χ4n) is 3.73. The molecule has 0 radical (unpaired) electrons.